The Morgan fingerprint density at radius 2 is 1.92 bits per heavy atom. The highest BCUT2D eigenvalue weighted by atomic mass is 79.9. The average molecular weight is 225 g/mol. The van der Waals surface area contributed by atoms with Crippen molar-refractivity contribution in [1.82, 2.24) is 19.9 Å². The Morgan fingerprint density at radius 3 is 2.50 bits per heavy atom. The van der Waals surface area contributed by atoms with Crippen molar-refractivity contribution in [3.8, 4) is 11.6 Å². The van der Waals surface area contributed by atoms with Crippen molar-refractivity contribution >= 4 is 15.9 Å². The van der Waals surface area contributed by atoms with Gasteiger partial charge in [-0.2, -0.15) is 0 Å². The largest absolute Gasteiger partial charge is 0.342 e. The van der Waals surface area contributed by atoms with Gasteiger partial charge in [0.25, 0.3) is 0 Å². The molecule has 0 aliphatic rings. The maximum Gasteiger partial charge on any atom is 0.195 e. The molecule has 0 aliphatic carbocycles. The zero-order chi connectivity index (χ0) is 8.39. The summed E-state index contributed by atoms with van der Waals surface area (Å²) in [6.07, 6.45) is 6.77. The quantitative estimate of drug-likeness (QED) is 0.802. The van der Waals surface area contributed by atoms with Crippen molar-refractivity contribution in [2.45, 2.75) is 0 Å². The van der Waals surface area contributed by atoms with Crippen molar-refractivity contribution in [3.05, 3.63) is 29.3 Å². The number of aromatic amines is 1. The van der Waals surface area contributed by atoms with Crippen LogP contribution in [0, 0.1) is 0 Å². The second kappa shape index (κ2) is 3.02. The van der Waals surface area contributed by atoms with Crippen molar-refractivity contribution in [2.75, 3.05) is 0 Å². The maximum atomic E-state index is 4.07. The van der Waals surface area contributed by atoms with Crippen molar-refractivity contribution < 1.29 is 0 Å². The van der Waals surface area contributed by atoms with Gasteiger partial charge >= 0.3 is 0 Å². The summed E-state index contributed by atoms with van der Waals surface area (Å²) < 4.78 is 0.859. The molecule has 4 nitrogen and oxygen atoms in total. The molecule has 60 valence electrons. The monoisotopic (exact) mass is 224 g/mol. The van der Waals surface area contributed by atoms with Gasteiger partial charge in [0.15, 0.2) is 11.6 Å². The molecule has 0 atom stereocenters. The molecule has 2 aromatic rings. The molecule has 0 radical (unpaired) electrons. The number of nitrogens with one attached hydrogen (secondary N) is 1. The molecule has 12 heavy (non-hydrogen) atoms. The molecule has 0 bridgehead atoms. The van der Waals surface area contributed by atoms with Gasteiger partial charge in [0.05, 0.1) is 4.47 Å². The smallest absolute Gasteiger partial charge is 0.195 e. The lowest BCUT2D eigenvalue weighted by molar-refractivity contribution is 1.11. The summed E-state index contributed by atoms with van der Waals surface area (Å²) in [5.41, 5.74) is 0. The van der Waals surface area contributed by atoms with E-state index in [1.54, 1.807) is 24.8 Å². The third kappa shape index (κ3) is 1.35. The first-order valence-electron chi connectivity index (χ1n) is 3.33. The molecule has 0 aliphatic heterocycles. The normalized spacial score (nSPS) is 10.1. The van der Waals surface area contributed by atoms with E-state index in [1.807, 2.05) is 0 Å². The summed E-state index contributed by atoms with van der Waals surface area (Å²) in [6.45, 7) is 0. The fourth-order valence-corrected chi connectivity index (χ4v) is 1.03. The van der Waals surface area contributed by atoms with Crippen LogP contribution in [0.15, 0.2) is 29.3 Å². The highest BCUT2D eigenvalue weighted by Gasteiger charge is 2.00. The van der Waals surface area contributed by atoms with E-state index >= 15 is 0 Å². The molecular formula is C7H5BrN4. The molecule has 2 aromatic heterocycles. The van der Waals surface area contributed by atoms with Crippen molar-refractivity contribution in [2.24, 2.45) is 0 Å². The van der Waals surface area contributed by atoms with Gasteiger partial charge in [-0.05, 0) is 15.9 Å². The minimum atomic E-state index is 0.600. The lowest BCUT2D eigenvalue weighted by Crippen LogP contribution is -1.88. The summed E-state index contributed by atoms with van der Waals surface area (Å²) in [5, 5.41) is 0. The van der Waals surface area contributed by atoms with Gasteiger partial charge in [-0.1, -0.05) is 0 Å². The molecule has 2 rings (SSSR count). The maximum absolute atomic E-state index is 4.07. The van der Waals surface area contributed by atoms with Crippen molar-refractivity contribution in [3.63, 3.8) is 0 Å². The Bertz CT molecular complexity index is 353. The van der Waals surface area contributed by atoms with Crippen molar-refractivity contribution in [1.29, 1.82) is 0 Å². The predicted molar refractivity (Wildman–Crippen MR) is 47.3 cm³/mol. The number of H-pyrrole nitrogens is 1. The standard InChI is InChI=1S/C7H5BrN4/c8-5-3-11-7(12-4-5)6-9-1-2-10-6/h1-4H,(H,9,10). The topological polar surface area (TPSA) is 54.5 Å². The number of rotatable bonds is 1. The third-order valence-electron chi connectivity index (χ3n) is 1.33. The van der Waals surface area contributed by atoms with Crippen LogP contribution in [0.4, 0.5) is 0 Å². The van der Waals surface area contributed by atoms with Crippen LogP contribution >= 0.6 is 15.9 Å². The van der Waals surface area contributed by atoms with Crippen LogP contribution in [-0.2, 0) is 0 Å². The van der Waals surface area contributed by atoms with Crippen LogP contribution < -0.4 is 0 Å². The van der Waals surface area contributed by atoms with E-state index in [2.05, 4.69) is 35.9 Å². The van der Waals surface area contributed by atoms with Crippen LogP contribution in [0.3, 0.4) is 0 Å². The Labute approximate surface area is 77.2 Å². The van der Waals surface area contributed by atoms with E-state index in [0.717, 1.165) is 4.47 Å². The van der Waals surface area contributed by atoms with E-state index in [4.69, 9.17) is 0 Å². The molecule has 0 spiro atoms. The van der Waals surface area contributed by atoms with Crippen LogP contribution in [-0.4, -0.2) is 19.9 Å². The Morgan fingerprint density at radius 1 is 1.17 bits per heavy atom. The molecule has 0 unspecified atom stereocenters. The van der Waals surface area contributed by atoms with E-state index in [0.29, 0.717) is 11.6 Å². The highest BCUT2D eigenvalue weighted by molar-refractivity contribution is 9.10. The van der Waals surface area contributed by atoms with Gasteiger partial charge in [-0.15, -0.1) is 0 Å². The van der Waals surface area contributed by atoms with Gasteiger partial charge in [0.1, 0.15) is 0 Å². The first-order valence-corrected chi connectivity index (χ1v) is 4.13. The van der Waals surface area contributed by atoms with Crippen LogP contribution in [0.2, 0.25) is 0 Å². The lowest BCUT2D eigenvalue weighted by atomic mass is 10.5. The van der Waals surface area contributed by atoms with E-state index in [-0.39, 0.29) is 0 Å². The molecule has 2 heterocycles. The second-order valence-electron chi connectivity index (χ2n) is 2.16. The summed E-state index contributed by atoms with van der Waals surface area (Å²) >= 11 is 3.25. The molecule has 5 heteroatoms. The number of nitrogens with zero attached hydrogens (tertiary/aromatic N) is 3. The Hall–Kier alpha value is -1.23. The van der Waals surface area contributed by atoms with Crippen LogP contribution in [0.25, 0.3) is 11.6 Å². The van der Waals surface area contributed by atoms with E-state index in [1.165, 1.54) is 0 Å². The molecule has 0 aromatic carbocycles. The SMILES string of the molecule is Brc1cnc(-c2ncc[nH]2)nc1. The molecule has 0 saturated carbocycles. The third-order valence-corrected chi connectivity index (χ3v) is 1.74. The summed E-state index contributed by atoms with van der Waals surface area (Å²) in [7, 11) is 0. The van der Waals surface area contributed by atoms with Crippen LogP contribution in [0.1, 0.15) is 0 Å². The number of imidazole rings is 1. The number of hydrogen-bond acceptors (Lipinski definition) is 3. The van der Waals surface area contributed by atoms with Gasteiger partial charge in [0, 0.05) is 24.8 Å². The summed E-state index contributed by atoms with van der Waals surface area (Å²) in [5.74, 6) is 1.28. The molecule has 0 fully saturated rings. The van der Waals surface area contributed by atoms with Gasteiger partial charge in [-0.25, -0.2) is 15.0 Å². The minimum absolute atomic E-state index is 0.600. The molecular weight excluding hydrogens is 220 g/mol. The molecule has 0 saturated heterocycles. The Balaban J connectivity index is 2.43. The first kappa shape index (κ1) is 7.42. The predicted octanol–water partition coefficient (Wildman–Crippen LogP) is 1.63. The van der Waals surface area contributed by atoms with Gasteiger partial charge in [0.2, 0.25) is 0 Å². The first-order chi connectivity index (χ1) is 5.86. The van der Waals surface area contributed by atoms with Crippen LogP contribution in [0.5, 0.6) is 0 Å². The molecule has 1 N–H and O–H groups in total. The fraction of sp³-hybridized carbons (Fsp3) is 0. The Kier molecular flexibility index (Phi) is 1.87. The van der Waals surface area contributed by atoms with E-state index in [9.17, 15) is 0 Å². The number of aromatic nitrogens is 4. The van der Waals surface area contributed by atoms with Gasteiger partial charge in [-0.3, -0.25) is 0 Å². The molecule has 0 amide bonds. The second-order valence-corrected chi connectivity index (χ2v) is 3.08. The lowest BCUT2D eigenvalue weighted by Gasteiger charge is -1.93. The van der Waals surface area contributed by atoms with Gasteiger partial charge < -0.3 is 4.98 Å². The average Bonchev–Trinajstić information content (AvgIpc) is 2.58. The highest BCUT2D eigenvalue weighted by Crippen LogP contribution is 2.10. The minimum Gasteiger partial charge on any atom is -0.342 e. The number of hydrogen-bond donors (Lipinski definition) is 1. The summed E-state index contributed by atoms with van der Waals surface area (Å²) in [4.78, 5) is 15.1. The van der Waals surface area contributed by atoms with E-state index < -0.39 is 0 Å². The summed E-state index contributed by atoms with van der Waals surface area (Å²) in [6, 6.07) is 0. The number of halogens is 1. The zero-order valence-electron chi connectivity index (χ0n) is 6.03. The fourth-order valence-electron chi connectivity index (χ4n) is 0.822. The zero-order valence-corrected chi connectivity index (χ0v) is 7.62.